The fourth-order valence-electron chi connectivity index (χ4n) is 1.85. The lowest BCUT2D eigenvalue weighted by atomic mass is 10.1. The van der Waals surface area contributed by atoms with Crippen molar-refractivity contribution >= 4 is 23.7 Å². The molecule has 0 unspecified atom stereocenters. The topological polar surface area (TPSA) is 54.5 Å². The number of benzene rings is 1. The number of carbonyl (C=O) groups excluding carboxylic acids is 3. The number of hydrogen-bond donors (Lipinski definition) is 0. The predicted octanol–water partition coefficient (Wildman–Crippen LogP) is 0.862. The van der Waals surface area contributed by atoms with Crippen LogP contribution >= 0.6 is 0 Å². The summed E-state index contributed by atoms with van der Waals surface area (Å²) >= 11 is 0. The van der Waals surface area contributed by atoms with Crippen LogP contribution in [0.1, 0.15) is 15.9 Å². The molecule has 5 heteroatoms. The number of Topliss-reactive ketones (excluding diaryl/α,β-unsaturated/α-hetero) is 1. The van der Waals surface area contributed by atoms with Crippen molar-refractivity contribution in [2.24, 2.45) is 0 Å². The number of aryl methyl sites for hydroxylation is 1. The predicted molar refractivity (Wildman–Crippen MR) is 53.9 cm³/mol. The van der Waals surface area contributed by atoms with E-state index in [4.69, 9.17) is 0 Å². The lowest BCUT2D eigenvalue weighted by Gasteiger charge is -2.14. The average Bonchev–Trinajstić information content (AvgIpc) is 2.44. The quantitative estimate of drug-likeness (QED) is 0.549. The molecule has 1 aliphatic heterocycles. The highest BCUT2D eigenvalue weighted by Gasteiger charge is 2.37. The lowest BCUT2D eigenvalue weighted by molar-refractivity contribution is -0.115. The molecule has 0 bridgehead atoms. The van der Waals surface area contributed by atoms with Crippen molar-refractivity contribution in [3.8, 4) is 0 Å². The Morgan fingerprint density at radius 1 is 1.38 bits per heavy atom. The zero-order valence-corrected chi connectivity index (χ0v) is 8.49. The minimum atomic E-state index is -0.782. The van der Waals surface area contributed by atoms with E-state index in [0.717, 1.165) is 11.0 Å². The third kappa shape index (κ3) is 1.32. The van der Waals surface area contributed by atoms with Gasteiger partial charge in [-0.15, -0.1) is 0 Å². The second kappa shape index (κ2) is 3.52. The highest BCUT2D eigenvalue weighted by Crippen LogP contribution is 2.32. The van der Waals surface area contributed by atoms with Crippen molar-refractivity contribution < 1.29 is 18.8 Å². The van der Waals surface area contributed by atoms with Gasteiger partial charge in [0.05, 0.1) is 17.8 Å². The fourth-order valence-corrected chi connectivity index (χ4v) is 1.85. The first-order chi connectivity index (χ1) is 7.56. The molecule has 1 aliphatic rings. The minimum absolute atomic E-state index is 0.0318. The zero-order valence-electron chi connectivity index (χ0n) is 8.49. The first-order valence-electron chi connectivity index (χ1n) is 4.66. The van der Waals surface area contributed by atoms with Crippen LogP contribution in [0.25, 0.3) is 0 Å². The molecule has 1 amide bonds. The molecule has 0 saturated heterocycles. The highest BCUT2D eigenvalue weighted by molar-refractivity contribution is 6.52. The third-order valence-corrected chi connectivity index (χ3v) is 2.48. The van der Waals surface area contributed by atoms with Gasteiger partial charge in [0.25, 0.3) is 11.7 Å². The lowest BCUT2D eigenvalue weighted by Crippen LogP contribution is -2.31. The molecule has 0 spiro atoms. The van der Waals surface area contributed by atoms with Gasteiger partial charge in [0.15, 0.2) is 0 Å². The SMILES string of the molecule is Cc1cc(F)cc2c1N(CC=O)C(=O)C2=O. The van der Waals surface area contributed by atoms with Crippen molar-refractivity contribution in [1.82, 2.24) is 0 Å². The minimum Gasteiger partial charge on any atom is -0.301 e. The largest absolute Gasteiger partial charge is 0.301 e. The van der Waals surface area contributed by atoms with Crippen LogP contribution in [0.4, 0.5) is 10.1 Å². The van der Waals surface area contributed by atoms with Crippen LogP contribution in [0.15, 0.2) is 12.1 Å². The van der Waals surface area contributed by atoms with Crippen molar-refractivity contribution in [3.05, 3.63) is 29.1 Å². The number of anilines is 1. The summed E-state index contributed by atoms with van der Waals surface area (Å²) in [6, 6.07) is 2.25. The summed E-state index contributed by atoms with van der Waals surface area (Å²) in [4.78, 5) is 34.5. The van der Waals surface area contributed by atoms with Crippen LogP contribution in [0.3, 0.4) is 0 Å². The van der Waals surface area contributed by atoms with Gasteiger partial charge in [-0.2, -0.15) is 0 Å². The monoisotopic (exact) mass is 221 g/mol. The molecule has 0 N–H and O–H groups in total. The molecule has 0 radical (unpaired) electrons. The van der Waals surface area contributed by atoms with Gasteiger partial charge in [-0.1, -0.05) is 0 Å². The van der Waals surface area contributed by atoms with E-state index in [2.05, 4.69) is 0 Å². The molecule has 0 aliphatic carbocycles. The molecular weight excluding hydrogens is 213 g/mol. The maximum absolute atomic E-state index is 13.1. The number of halogens is 1. The van der Waals surface area contributed by atoms with Gasteiger partial charge in [-0.05, 0) is 24.6 Å². The molecule has 82 valence electrons. The summed E-state index contributed by atoms with van der Waals surface area (Å²) in [5, 5.41) is 0. The Labute approximate surface area is 90.7 Å². The van der Waals surface area contributed by atoms with E-state index in [9.17, 15) is 18.8 Å². The second-order valence-corrected chi connectivity index (χ2v) is 3.53. The van der Waals surface area contributed by atoms with Crippen molar-refractivity contribution in [1.29, 1.82) is 0 Å². The molecular formula is C11H8FNO3. The first-order valence-corrected chi connectivity index (χ1v) is 4.66. The summed E-state index contributed by atoms with van der Waals surface area (Å²) in [6.45, 7) is 1.40. The number of nitrogens with zero attached hydrogens (tertiary/aromatic N) is 1. The first kappa shape index (κ1) is 10.5. The van der Waals surface area contributed by atoms with E-state index in [-0.39, 0.29) is 12.1 Å². The Bertz CT molecular complexity index is 510. The molecule has 1 aromatic rings. The van der Waals surface area contributed by atoms with Gasteiger partial charge in [-0.3, -0.25) is 14.5 Å². The smallest absolute Gasteiger partial charge is 0.299 e. The van der Waals surface area contributed by atoms with Crippen molar-refractivity contribution in [3.63, 3.8) is 0 Å². The van der Waals surface area contributed by atoms with E-state index >= 15 is 0 Å². The number of aldehydes is 1. The van der Waals surface area contributed by atoms with Crippen LogP contribution in [0.2, 0.25) is 0 Å². The average molecular weight is 221 g/mol. The van der Waals surface area contributed by atoms with Gasteiger partial charge in [0.2, 0.25) is 0 Å². The zero-order chi connectivity index (χ0) is 11.9. The van der Waals surface area contributed by atoms with Crippen LogP contribution < -0.4 is 4.90 Å². The van der Waals surface area contributed by atoms with Gasteiger partial charge >= 0.3 is 0 Å². The Morgan fingerprint density at radius 2 is 2.06 bits per heavy atom. The van der Waals surface area contributed by atoms with Crippen LogP contribution in [0.5, 0.6) is 0 Å². The molecule has 0 aromatic heterocycles. The van der Waals surface area contributed by atoms with Crippen LogP contribution in [0, 0.1) is 12.7 Å². The normalized spacial score (nSPS) is 14.2. The number of ketones is 1. The van der Waals surface area contributed by atoms with Gasteiger partial charge in [0, 0.05) is 0 Å². The molecule has 0 saturated carbocycles. The van der Waals surface area contributed by atoms with Crippen molar-refractivity contribution in [2.45, 2.75) is 6.92 Å². The standard InChI is InChI=1S/C11H8FNO3/c1-6-4-7(12)5-8-9(6)13(2-3-14)11(16)10(8)15/h3-5H,2H2,1H3. The summed E-state index contributed by atoms with van der Waals surface area (Å²) in [7, 11) is 0. The number of amides is 1. The van der Waals surface area contributed by atoms with E-state index in [0.29, 0.717) is 17.5 Å². The summed E-state index contributed by atoms with van der Waals surface area (Å²) in [5.41, 5.74) is 0.837. The Hall–Kier alpha value is -2.04. The number of hydrogen-bond acceptors (Lipinski definition) is 3. The fraction of sp³-hybridized carbons (Fsp3) is 0.182. The second-order valence-electron chi connectivity index (χ2n) is 3.53. The molecule has 0 fully saturated rings. The van der Waals surface area contributed by atoms with Gasteiger partial charge < -0.3 is 4.79 Å². The van der Waals surface area contributed by atoms with Crippen LogP contribution in [-0.4, -0.2) is 24.5 Å². The molecule has 2 rings (SSSR count). The van der Waals surface area contributed by atoms with Crippen molar-refractivity contribution in [2.75, 3.05) is 11.4 Å². The highest BCUT2D eigenvalue weighted by atomic mass is 19.1. The Balaban J connectivity index is 2.65. The molecule has 4 nitrogen and oxygen atoms in total. The summed E-state index contributed by atoms with van der Waals surface area (Å²) in [5.74, 6) is -2.11. The molecule has 16 heavy (non-hydrogen) atoms. The number of rotatable bonds is 2. The Morgan fingerprint density at radius 3 is 2.69 bits per heavy atom. The Kier molecular flexibility index (Phi) is 2.30. The van der Waals surface area contributed by atoms with Gasteiger partial charge in [-0.25, -0.2) is 4.39 Å². The van der Waals surface area contributed by atoms with E-state index in [1.807, 2.05) is 0 Å². The molecule has 1 aromatic carbocycles. The van der Waals surface area contributed by atoms with E-state index in [1.54, 1.807) is 6.92 Å². The molecule has 0 atom stereocenters. The van der Waals surface area contributed by atoms with Gasteiger partial charge in [0.1, 0.15) is 12.1 Å². The summed E-state index contributed by atoms with van der Waals surface area (Å²) < 4.78 is 13.1. The van der Waals surface area contributed by atoms with E-state index < -0.39 is 17.5 Å². The third-order valence-electron chi connectivity index (χ3n) is 2.48. The van der Waals surface area contributed by atoms with E-state index in [1.165, 1.54) is 6.07 Å². The summed E-state index contributed by atoms with van der Waals surface area (Å²) in [6.07, 6.45) is 0.531. The maximum atomic E-state index is 13.1. The molecule has 1 heterocycles. The number of carbonyl (C=O) groups is 3. The van der Waals surface area contributed by atoms with Crippen LogP contribution in [-0.2, 0) is 9.59 Å². The maximum Gasteiger partial charge on any atom is 0.299 e. The number of fused-ring (bicyclic) bond motifs is 1.